The summed E-state index contributed by atoms with van der Waals surface area (Å²) in [6.45, 7) is 7.83. The molecule has 0 atom stereocenters. The lowest BCUT2D eigenvalue weighted by Crippen LogP contribution is -2.29. The summed E-state index contributed by atoms with van der Waals surface area (Å²) in [5, 5.41) is 0. The zero-order chi connectivity index (χ0) is 27.6. The van der Waals surface area contributed by atoms with Crippen LogP contribution in [0, 0.1) is 6.92 Å². The number of ketones is 1. The molecule has 0 bridgehead atoms. The summed E-state index contributed by atoms with van der Waals surface area (Å²) in [5.74, 6) is 0.0199. The van der Waals surface area contributed by atoms with E-state index in [4.69, 9.17) is 5.73 Å². The van der Waals surface area contributed by atoms with Gasteiger partial charge in [0.05, 0.1) is 6.54 Å². The van der Waals surface area contributed by atoms with Gasteiger partial charge in [-0.05, 0) is 35.7 Å². The number of carbonyl (C=O) groups is 1. The normalized spacial score (nSPS) is 10.6. The van der Waals surface area contributed by atoms with Gasteiger partial charge in [0, 0.05) is 35.8 Å². The SMILES string of the molecule is CC.Cc1ccccc1.N/C(=C\C(=O)CN(Cc1ccccc1)Cc1ccccc1)Cc1ccc(Br)cc1. The van der Waals surface area contributed by atoms with Gasteiger partial charge in [-0.1, -0.05) is 138 Å². The molecule has 4 aromatic carbocycles. The van der Waals surface area contributed by atoms with Gasteiger partial charge >= 0.3 is 0 Å². The molecule has 0 saturated heterocycles. The van der Waals surface area contributed by atoms with Crippen LogP contribution in [-0.2, 0) is 24.3 Å². The van der Waals surface area contributed by atoms with E-state index in [1.54, 1.807) is 6.08 Å². The molecule has 4 rings (SSSR count). The van der Waals surface area contributed by atoms with Crippen LogP contribution >= 0.6 is 15.9 Å². The Hall–Kier alpha value is -3.47. The average molecular weight is 572 g/mol. The zero-order valence-corrected chi connectivity index (χ0v) is 24.3. The minimum atomic E-state index is 0.0199. The number of halogens is 1. The van der Waals surface area contributed by atoms with E-state index >= 15 is 0 Å². The first kappa shape index (κ1) is 30.8. The molecular weight excluding hydrogens is 532 g/mol. The molecule has 0 aromatic heterocycles. The summed E-state index contributed by atoms with van der Waals surface area (Å²) in [6, 6.07) is 38.7. The maximum atomic E-state index is 12.7. The minimum Gasteiger partial charge on any atom is -0.402 e. The number of nitrogens with zero attached hydrogens (tertiary/aromatic N) is 1. The molecular formula is C34H39BrN2O. The zero-order valence-electron chi connectivity index (χ0n) is 22.7. The maximum Gasteiger partial charge on any atom is 0.171 e. The maximum absolute atomic E-state index is 12.7. The smallest absolute Gasteiger partial charge is 0.171 e. The standard InChI is InChI=1S/C25H25BrN2O.C7H8.C2H6/c26-23-13-11-20(12-14-23)15-24(27)16-25(29)19-28(17-21-7-3-1-4-8-21)18-22-9-5-2-6-10-22;1-7-5-3-2-4-6-7;1-2/h1-14,16H,15,17-19,27H2;2-6H,1H3;1-2H3/b24-16-;;. The molecule has 198 valence electrons. The lowest BCUT2D eigenvalue weighted by atomic mass is 10.1. The Morgan fingerprint density at radius 1 is 0.711 bits per heavy atom. The minimum absolute atomic E-state index is 0.0199. The van der Waals surface area contributed by atoms with Crippen molar-refractivity contribution in [2.75, 3.05) is 6.54 Å². The monoisotopic (exact) mass is 570 g/mol. The average Bonchev–Trinajstić information content (AvgIpc) is 2.93. The summed E-state index contributed by atoms with van der Waals surface area (Å²) in [4.78, 5) is 14.8. The van der Waals surface area contributed by atoms with Crippen LogP contribution in [0.15, 0.2) is 132 Å². The number of benzene rings is 4. The molecule has 0 amide bonds. The van der Waals surface area contributed by atoms with E-state index in [9.17, 15) is 4.79 Å². The van der Waals surface area contributed by atoms with Crippen LogP contribution in [0.5, 0.6) is 0 Å². The largest absolute Gasteiger partial charge is 0.402 e. The number of rotatable bonds is 9. The van der Waals surface area contributed by atoms with Crippen molar-refractivity contribution in [2.24, 2.45) is 5.73 Å². The van der Waals surface area contributed by atoms with E-state index in [-0.39, 0.29) is 5.78 Å². The van der Waals surface area contributed by atoms with Crippen molar-refractivity contribution in [1.29, 1.82) is 0 Å². The van der Waals surface area contributed by atoms with Gasteiger partial charge in [-0.2, -0.15) is 0 Å². The molecule has 3 nitrogen and oxygen atoms in total. The first-order valence-corrected chi connectivity index (χ1v) is 13.8. The predicted molar refractivity (Wildman–Crippen MR) is 165 cm³/mol. The van der Waals surface area contributed by atoms with Gasteiger partial charge in [0.25, 0.3) is 0 Å². The Kier molecular flexibility index (Phi) is 14.5. The molecule has 0 saturated carbocycles. The van der Waals surface area contributed by atoms with E-state index in [0.29, 0.717) is 31.8 Å². The lowest BCUT2D eigenvalue weighted by Gasteiger charge is -2.21. The van der Waals surface area contributed by atoms with Crippen molar-refractivity contribution in [2.45, 2.75) is 40.3 Å². The van der Waals surface area contributed by atoms with Crippen LogP contribution in [0.25, 0.3) is 0 Å². The number of hydrogen-bond donors (Lipinski definition) is 1. The Morgan fingerprint density at radius 2 is 1.16 bits per heavy atom. The van der Waals surface area contributed by atoms with Gasteiger partial charge in [-0.25, -0.2) is 0 Å². The van der Waals surface area contributed by atoms with E-state index < -0.39 is 0 Å². The number of aryl methyl sites for hydroxylation is 1. The Balaban J connectivity index is 0.000000481. The van der Waals surface area contributed by atoms with Gasteiger partial charge in [0.1, 0.15) is 0 Å². The summed E-state index contributed by atoms with van der Waals surface area (Å²) in [6.07, 6.45) is 2.14. The number of allylic oxidation sites excluding steroid dienone is 1. The Morgan fingerprint density at radius 3 is 1.58 bits per heavy atom. The number of carbonyl (C=O) groups excluding carboxylic acids is 1. The van der Waals surface area contributed by atoms with Crippen LogP contribution in [-0.4, -0.2) is 17.2 Å². The van der Waals surface area contributed by atoms with Gasteiger partial charge in [-0.15, -0.1) is 0 Å². The fourth-order valence-electron chi connectivity index (χ4n) is 3.75. The molecule has 0 heterocycles. The van der Waals surface area contributed by atoms with Crippen LogP contribution in [0.3, 0.4) is 0 Å². The molecule has 0 aliphatic carbocycles. The first-order chi connectivity index (χ1) is 18.5. The molecule has 38 heavy (non-hydrogen) atoms. The molecule has 0 radical (unpaired) electrons. The molecule has 0 unspecified atom stereocenters. The summed E-state index contributed by atoms with van der Waals surface area (Å²) < 4.78 is 1.03. The van der Waals surface area contributed by atoms with Crippen LogP contribution in [0.2, 0.25) is 0 Å². The highest BCUT2D eigenvalue weighted by Crippen LogP contribution is 2.13. The summed E-state index contributed by atoms with van der Waals surface area (Å²) >= 11 is 3.43. The van der Waals surface area contributed by atoms with Crippen LogP contribution in [0.4, 0.5) is 0 Å². The second-order valence-electron chi connectivity index (χ2n) is 8.76. The van der Waals surface area contributed by atoms with Crippen LogP contribution < -0.4 is 5.73 Å². The number of hydrogen-bond acceptors (Lipinski definition) is 3. The highest BCUT2D eigenvalue weighted by Gasteiger charge is 2.11. The molecule has 0 aliphatic rings. The third-order valence-corrected chi connectivity index (χ3v) is 6.01. The topological polar surface area (TPSA) is 46.3 Å². The molecule has 2 N–H and O–H groups in total. The van der Waals surface area contributed by atoms with Crippen molar-refractivity contribution >= 4 is 21.7 Å². The molecule has 0 spiro atoms. The third kappa shape index (κ3) is 12.7. The van der Waals surface area contributed by atoms with Crippen molar-refractivity contribution < 1.29 is 4.79 Å². The Bertz CT molecular complexity index is 1170. The van der Waals surface area contributed by atoms with Crippen molar-refractivity contribution in [3.63, 3.8) is 0 Å². The molecule has 0 aliphatic heterocycles. The third-order valence-electron chi connectivity index (χ3n) is 5.49. The molecule has 0 fully saturated rings. The van der Waals surface area contributed by atoms with E-state index in [0.717, 1.165) is 10.0 Å². The fraction of sp³-hybridized carbons (Fsp3) is 0.206. The quantitative estimate of drug-likeness (QED) is 0.206. The highest BCUT2D eigenvalue weighted by molar-refractivity contribution is 9.10. The second-order valence-corrected chi connectivity index (χ2v) is 9.68. The van der Waals surface area contributed by atoms with Gasteiger partial charge in [-0.3, -0.25) is 9.69 Å². The predicted octanol–water partition coefficient (Wildman–Crippen LogP) is 8.13. The van der Waals surface area contributed by atoms with Crippen molar-refractivity contribution in [1.82, 2.24) is 4.90 Å². The van der Waals surface area contributed by atoms with E-state index in [2.05, 4.69) is 64.2 Å². The van der Waals surface area contributed by atoms with Gasteiger partial charge in [0.15, 0.2) is 5.78 Å². The van der Waals surface area contributed by atoms with Gasteiger partial charge < -0.3 is 5.73 Å². The highest BCUT2D eigenvalue weighted by atomic mass is 79.9. The summed E-state index contributed by atoms with van der Waals surface area (Å²) in [5.41, 5.74) is 11.5. The lowest BCUT2D eigenvalue weighted by molar-refractivity contribution is -0.116. The molecule has 4 heteroatoms. The fourth-order valence-corrected chi connectivity index (χ4v) is 4.01. The molecule has 4 aromatic rings. The van der Waals surface area contributed by atoms with E-state index in [1.807, 2.05) is 92.7 Å². The van der Waals surface area contributed by atoms with Crippen LogP contribution in [0.1, 0.15) is 36.1 Å². The van der Waals surface area contributed by atoms with Crippen molar-refractivity contribution in [3.05, 3.63) is 154 Å². The Labute approximate surface area is 237 Å². The second kappa shape index (κ2) is 17.9. The first-order valence-electron chi connectivity index (χ1n) is 13.0. The van der Waals surface area contributed by atoms with Gasteiger partial charge in [0.2, 0.25) is 0 Å². The summed E-state index contributed by atoms with van der Waals surface area (Å²) in [7, 11) is 0. The van der Waals surface area contributed by atoms with E-state index in [1.165, 1.54) is 16.7 Å². The number of nitrogens with two attached hydrogens (primary N) is 1. The van der Waals surface area contributed by atoms with Crippen molar-refractivity contribution in [3.8, 4) is 0 Å².